The maximum atomic E-state index is 11.7. The van der Waals surface area contributed by atoms with E-state index in [1.807, 2.05) is 24.3 Å². The van der Waals surface area contributed by atoms with E-state index in [0.717, 1.165) is 17.9 Å². The fourth-order valence-corrected chi connectivity index (χ4v) is 3.61. The van der Waals surface area contributed by atoms with Crippen LogP contribution in [0.2, 0.25) is 0 Å². The van der Waals surface area contributed by atoms with Crippen molar-refractivity contribution < 1.29 is 13.2 Å². The number of methoxy groups -OCH3 is 1. The number of benzene rings is 1. The van der Waals surface area contributed by atoms with Crippen molar-refractivity contribution in [3.8, 4) is 5.75 Å². The largest absolute Gasteiger partial charge is 0.497 e. The molecular weight excluding hydrogens is 238 g/mol. The molecule has 0 aromatic heterocycles. The molecule has 5 heteroatoms. The summed E-state index contributed by atoms with van der Waals surface area (Å²) in [4.78, 5) is 0. The Hall–Kier alpha value is -1.07. The minimum atomic E-state index is -2.94. The summed E-state index contributed by atoms with van der Waals surface area (Å²) in [5.41, 5.74) is 0.967. The van der Waals surface area contributed by atoms with Gasteiger partial charge in [0.1, 0.15) is 5.75 Å². The van der Waals surface area contributed by atoms with Crippen LogP contribution in [0.5, 0.6) is 5.75 Å². The smallest absolute Gasteiger partial charge is 0.152 e. The summed E-state index contributed by atoms with van der Waals surface area (Å²) >= 11 is 0. The lowest BCUT2D eigenvalue weighted by Gasteiger charge is -2.16. The molecule has 1 aliphatic rings. The molecule has 1 saturated heterocycles. The van der Waals surface area contributed by atoms with E-state index in [9.17, 15) is 8.42 Å². The van der Waals surface area contributed by atoms with Gasteiger partial charge in [-0.15, -0.1) is 0 Å². The van der Waals surface area contributed by atoms with Crippen LogP contribution in [0.1, 0.15) is 18.0 Å². The van der Waals surface area contributed by atoms with Crippen LogP contribution in [-0.4, -0.2) is 33.6 Å². The molecule has 0 aliphatic carbocycles. The van der Waals surface area contributed by atoms with Crippen LogP contribution < -0.4 is 10.1 Å². The van der Waals surface area contributed by atoms with Gasteiger partial charge in [-0.05, 0) is 30.7 Å². The van der Waals surface area contributed by atoms with E-state index in [0.29, 0.717) is 6.42 Å². The van der Waals surface area contributed by atoms with Crippen molar-refractivity contribution in [1.29, 1.82) is 0 Å². The lowest BCUT2D eigenvalue weighted by Crippen LogP contribution is -2.25. The number of rotatable bonds is 2. The Labute approximate surface area is 102 Å². The Kier molecular flexibility index (Phi) is 3.69. The van der Waals surface area contributed by atoms with E-state index < -0.39 is 9.84 Å². The van der Waals surface area contributed by atoms with Crippen LogP contribution in [0.15, 0.2) is 24.3 Å². The molecule has 0 radical (unpaired) electrons. The van der Waals surface area contributed by atoms with Gasteiger partial charge in [-0.25, -0.2) is 8.42 Å². The van der Waals surface area contributed by atoms with E-state index in [1.54, 1.807) is 7.11 Å². The highest BCUT2D eigenvalue weighted by Crippen LogP contribution is 2.22. The number of ether oxygens (including phenoxy) is 1. The summed E-state index contributed by atoms with van der Waals surface area (Å²) in [6.45, 7) is 0.737. The molecule has 1 atom stereocenters. The highest BCUT2D eigenvalue weighted by atomic mass is 32.2. The van der Waals surface area contributed by atoms with Crippen molar-refractivity contribution in [3.05, 3.63) is 29.8 Å². The molecule has 2 rings (SSSR count). The fraction of sp³-hybridized carbons (Fsp3) is 0.500. The van der Waals surface area contributed by atoms with Crippen molar-refractivity contribution >= 4 is 9.84 Å². The molecule has 0 spiro atoms. The standard InChI is InChI=1S/C12H17NO3S/c1-16-11-5-2-4-10(8-11)12-9-17(14,15)7-3-6-13-12/h2,4-5,8,12-13H,3,6-7,9H2,1H3. The Balaban J connectivity index is 2.25. The quantitative estimate of drug-likeness (QED) is 0.861. The Morgan fingerprint density at radius 2 is 2.24 bits per heavy atom. The average Bonchev–Trinajstić information content (AvgIpc) is 2.50. The topological polar surface area (TPSA) is 55.4 Å². The van der Waals surface area contributed by atoms with Crippen LogP contribution in [0.25, 0.3) is 0 Å². The number of nitrogens with one attached hydrogen (secondary N) is 1. The van der Waals surface area contributed by atoms with Crippen molar-refractivity contribution in [2.45, 2.75) is 12.5 Å². The highest BCUT2D eigenvalue weighted by Gasteiger charge is 2.23. The lowest BCUT2D eigenvalue weighted by atomic mass is 10.1. The van der Waals surface area contributed by atoms with Gasteiger partial charge in [0.2, 0.25) is 0 Å². The molecular formula is C12H17NO3S. The first-order valence-electron chi connectivity index (χ1n) is 5.68. The highest BCUT2D eigenvalue weighted by molar-refractivity contribution is 7.91. The number of hydrogen-bond acceptors (Lipinski definition) is 4. The molecule has 0 bridgehead atoms. The van der Waals surface area contributed by atoms with Gasteiger partial charge < -0.3 is 10.1 Å². The Morgan fingerprint density at radius 1 is 1.41 bits per heavy atom. The molecule has 1 fully saturated rings. The summed E-state index contributed by atoms with van der Waals surface area (Å²) in [6.07, 6.45) is 0.683. The molecule has 1 aliphatic heterocycles. The van der Waals surface area contributed by atoms with Gasteiger partial charge in [-0.1, -0.05) is 12.1 Å². The van der Waals surface area contributed by atoms with Crippen molar-refractivity contribution in [3.63, 3.8) is 0 Å². The second-order valence-electron chi connectivity index (χ2n) is 4.25. The van der Waals surface area contributed by atoms with Gasteiger partial charge in [0, 0.05) is 6.04 Å². The molecule has 1 unspecified atom stereocenters. The monoisotopic (exact) mass is 255 g/mol. The van der Waals surface area contributed by atoms with E-state index in [2.05, 4.69) is 5.32 Å². The molecule has 1 heterocycles. The number of hydrogen-bond donors (Lipinski definition) is 1. The molecule has 94 valence electrons. The molecule has 0 amide bonds. The van der Waals surface area contributed by atoms with E-state index in [1.165, 1.54) is 0 Å². The van der Waals surface area contributed by atoms with Gasteiger partial charge in [0.25, 0.3) is 0 Å². The van der Waals surface area contributed by atoms with Crippen LogP contribution >= 0.6 is 0 Å². The van der Waals surface area contributed by atoms with Gasteiger partial charge in [0.05, 0.1) is 18.6 Å². The first-order valence-corrected chi connectivity index (χ1v) is 7.50. The Bertz CT molecular complexity index is 484. The zero-order valence-corrected chi connectivity index (χ0v) is 10.7. The van der Waals surface area contributed by atoms with E-state index in [-0.39, 0.29) is 17.5 Å². The predicted octanol–water partition coefficient (Wildman–Crippen LogP) is 1.14. The second kappa shape index (κ2) is 5.06. The van der Waals surface area contributed by atoms with Gasteiger partial charge in [-0.2, -0.15) is 0 Å². The van der Waals surface area contributed by atoms with Crippen LogP contribution in [0.3, 0.4) is 0 Å². The molecule has 17 heavy (non-hydrogen) atoms. The van der Waals surface area contributed by atoms with Crippen molar-refractivity contribution in [2.24, 2.45) is 0 Å². The third-order valence-corrected chi connectivity index (χ3v) is 4.69. The molecule has 1 aromatic carbocycles. The van der Waals surface area contributed by atoms with Gasteiger partial charge >= 0.3 is 0 Å². The average molecular weight is 255 g/mol. The van der Waals surface area contributed by atoms with E-state index >= 15 is 0 Å². The minimum Gasteiger partial charge on any atom is -0.497 e. The number of sulfone groups is 1. The van der Waals surface area contributed by atoms with Gasteiger partial charge in [0.15, 0.2) is 9.84 Å². The van der Waals surface area contributed by atoms with E-state index in [4.69, 9.17) is 4.74 Å². The maximum Gasteiger partial charge on any atom is 0.152 e. The van der Waals surface area contributed by atoms with Crippen molar-refractivity contribution in [2.75, 3.05) is 25.2 Å². The van der Waals surface area contributed by atoms with Crippen molar-refractivity contribution in [1.82, 2.24) is 5.32 Å². The maximum absolute atomic E-state index is 11.7. The zero-order valence-electron chi connectivity index (χ0n) is 9.85. The van der Waals surface area contributed by atoms with Gasteiger partial charge in [-0.3, -0.25) is 0 Å². The normalized spacial score (nSPS) is 23.9. The SMILES string of the molecule is COc1cccc(C2CS(=O)(=O)CCCN2)c1. The molecule has 1 aromatic rings. The van der Waals surface area contributed by atoms with Crippen LogP contribution in [0.4, 0.5) is 0 Å². The molecule has 0 saturated carbocycles. The molecule has 4 nitrogen and oxygen atoms in total. The van der Waals surface area contributed by atoms with Crippen LogP contribution in [-0.2, 0) is 9.84 Å². The second-order valence-corrected chi connectivity index (χ2v) is 6.48. The first-order chi connectivity index (χ1) is 8.11. The van der Waals surface area contributed by atoms with Crippen LogP contribution in [0, 0.1) is 0 Å². The third-order valence-electron chi connectivity index (χ3n) is 2.94. The Morgan fingerprint density at radius 3 is 3.00 bits per heavy atom. The summed E-state index contributed by atoms with van der Waals surface area (Å²) in [5, 5.41) is 3.27. The summed E-state index contributed by atoms with van der Waals surface area (Å²) < 4.78 is 28.6. The minimum absolute atomic E-state index is 0.127. The molecule has 1 N–H and O–H groups in total. The third kappa shape index (κ3) is 3.20. The lowest BCUT2D eigenvalue weighted by molar-refractivity contribution is 0.413. The zero-order chi connectivity index (χ0) is 12.3. The fourth-order valence-electron chi connectivity index (χ4n) is 2.04. The predicted molar refractivity (Wildman–Crippen MR) is 67.0 cm³/mol. The first kappa shape index (κ1) is 12.4. The summed E-state index contributed by atoms with van der Waals surface area (Å²) in [7, 11) is -1.33. The summed E-state index contributed by atoms with van der Waals surface area (Å²) in [5.74, 6) is 1.20. The summed E-state index contributed by atoms with van der Waals surface area (Å²) in [6, 6.07) is 7.43.